The van der Waals surface area contributed by atoms with Crippen molar-refractivity contribution in [3.63, 3.8) is 0 Å². The van der Waals surface area contributed by atoms with E-state index in [1.165, 1.54) is 212 Å². The van der Waals surface area contributed by atoms with Crippen LogP contribution in [0.1, 0.15) is 408 Å². The lowest BCUT2D eigenvalue weighted by Crippen LogP contribution is -2.30. The van der Waals surface area contributed by atoms with Crippen molar-refractivity contribution in [1.29, 1.82) is 0 Å². The van der Waals surface area contributed by atoms with Crippen molar-refractivity contribution in [3.8, 4) is 0 Å². The number of esters is 4. The molecular formula is C78H152O17P2. The predicted octanol–water partition coefficient (Wildman–Crippen LogP) is 23.1. The van der Waals surface area contributed by atoms with Crippen LogP contribution < -0.4 is 0 Å². The van der Waals surface area contributed by atoms with Crippen LogP contribution in [0.4, 0.5) is 0 Å². The summed E-state index contributed by atoms with van der Waals surface area (Å²) in [6.45, 7) is 9.62. The van der Waals surface area contributed by atoms with Crippen molar-refractivity contribution in [2.45, 2.75) is 426 Å². The molecule has 576 valence electrons. The molecule has 97 heavy (non-hydrogen) atoms. The number of rotatable bonds is 77. The first-order chi connectivity index (χ1) is 46.9. The normalized spacial score (nSPS) is 14.0. The summed E-state index contributed by atoms with van der Waals surface area (Å²) in [5.74, 6) is -0.486. The Kier molecular flexibility index (Phi) is 68.4. The highest BCUT2D eigenvalue weighted by Gasteiger charge is 2.30. The summed E-state index contributed by atoms with van der Waals surface area (Å²) in [5, 5.41) is 10.6. The molecule has 3 N–H and O–H groups in total. The van der Waals surface area contributed by atoms with E-state index in [9.17, 15) is 43.2 Å². The van der Waals surface area contributed by atoms with Gasteiger partial charge in [-0.15, -0.1) is 0 Å². The highest BCUT2D eigenvalue weighted by Crippen LogP contribution is 2.45. The highest BCUT2D eigenvalue weighted by atomic mass is 31.2. The zero-order valence-corrected chi connectivity index (χ0v) is 65.2. The molecule has 5 atom stereocenters. The molecule has 17 nitrogen and oxygen atoms in total. The van der Waals surface area contributed by atoms with Crippen LogP contribution in [-0.4, -0.2) is 96.7 Å². The van der Waals surface area contributed by atoms with E-state index >= 15 is 0 Å². The SMILES string of the molecule is CCCCCCCCCCCCC(=O)O[C@H](COC(=O)CCCCCCCCC)COP(=O)(O)OC[C@H](O)COP(=O)(O)OC[C@@H](COC(=O)CCCCCCCCCCCCCCCCCCC(C)C)OC(=O)CCCCCCCCCCCCCCCCCCCCC(C)C. The number of phosphoric ester groups is 2. The first-order valence-electron chi connectivity index (χ1n) is 40.5. The van der Waals surface area contributed by atoms with Gasteiger partial charge >= 0.3 is 39.5 Å². The van der Waals surface area contributed by atoms with E-state index in [2.05, 4.69) is 41.5 Å². The predicted molar refractivity (Wildman–Crippen MR) is 395 cm³/mol. The summed E-state index contributed by atoms with van der Waals surface area (Å²) in [4.78, 5) is 72.7. The molecule has 0 saturated carbocycles. The van der Waals surface area contributed by atoms with Crippen molar-refractivity contribution < 1.29 is 80.2 Å². The number of carbonyl (C=O) groups excluding carboxylic acids is 4. The van der Waals surface area contributed by atoms with Crippen LogP contribution in [0.5, 0.6) is 0 Å². The molecule has 0 aliphatic rings. The number of aliphatic hydroxyl groups is 1. The third kappa shape index (κ3) is 72.2. The van der Waals surface area contributed by atoms with Crippen LogP contribution in [0.2, 0.25) is 0 Å². The van der Waals surface area contributed by atoms with Gasteiger partial charge in [-0.3, -0.25) is 37.3 Å². The van der Waals surface area contributed by atoms with Gasteiger partial charge in [-0.05, 0) is 37.5 Å². The molecular weight excluding hydrogens is 1270 g/mol. The van der Waals surface area contributed by atoms with E-state index in [1.807, 2.05) is 0 Å². The average Bonchev–Trinajstić information content (AvgIpc) is 1.26. The fourth-order valence-corrected chi connectivity index (χ4v) is 13.6. The Labute approximate surface area is 594 Å². The molecule has 0 aliphatic carbocycles. The first-order valence-corrected chi connectivity index (χ1v) is 43.5. The summed E-state index contributed by atoms with van der Waals surface area (Å²) in [7, 11) is -9.90. The quantitative estimate of drug-likeness (QED) is 0.0222. The number of ether oxygens (including phenoxy) is 4. The summed E-state index contributed by atoms with van der Waals surface area (Å²) >= 11 is 0. The molecule has 2 unspecified atom stereocenters. The molecule has 0 aromatic heterocycles. The summed E-state index contributed by atoms with van der Waals surface area (Å²) < 4.78 is 68.4. The molecule has 0 aromatic rings. The standard InChI is InChI=1S/C78H152O17P2/c1-7-9-11-13-15-16-37-44-50-56-62-77(82)94-73(66-88-75(80)60-54-48-40-14-12-10-8-2)68-92-96(84,85)90-64-72(79)65-91-97(86,87)93-69-74(67-89-76(81)61-55-49-43-38-33-29-25-22-21-24-28-32-36-42-47-53-59-71(5)6)95-78(83)63-57-51-45-39-34-30-26-20-18-17-19-23-27-31-35-41-46-52-58-70(3)4/h70-74,79H,7-69H2,1-6H3,(H,84,85)(H,86,87)/t72-,73+,74+/m0/s1. The van der Waals surface area contributed by atoms with E-state index in [0.29, 0.717) is 25.7 Å². The number of hydrogen-bond donors (Lipinski definition) is 3. The van der Waals surface area contributed by atoms with E-state index in [4.69, 9.17) is 37.0 Å². The largest absolute Gasteiger partial charge is 0.472 e. The Morgan fingerprint density at radius 2 is 0.474 bits per heavy atom. The number of phosphoric acid groups is 2. The molecule has 0 spiro atoms. The average molecular weight is 1420 g/mol. The number of unbranched alkanes of at least 4 members (excludes halogenated alkanes) is 47. The Bertz CT molecular complexity index is 1870. The van der Waals surface area contributed by atoms with Gasteiger partial charge in [0.05, 0.1) is 26.4 Å². The second-order valence-electron chi connectivity index (χ2n) is 29.1. The van der Waals surface area contributed by atoms with Gasteiger partial charge in [-0.2, -0.15) is 0 Å². The summed E-state index contributed by atoms with van der Waals surface area (Å²) in [5.41, 5.74) is 0. The van der Waals surface area contributed by atoms with Gasteiger partial charge in [-0.1, -0.05) is 356 Å². The summed E-state index contributed by atoms with van der Waals surface area (Å²) in [6, 6.07) is 0. The van der Waals surface area contributed by atoms with Crippen molar-refractivity contribution in [2.24, 2.45) is 11.8 Å². The van der Waals surface area contributed by atoms with Crippen molar-refractivity contribution in [1.82, 2.24) is 0 Å². The second kappa shape index (κ2) is 69.8. The van der Waals surface area contributed by atoms with Crippen LogP contribution >= 0.6 is 15.6 Å². The number of aliphatic hydroxyl groups excluding tert-OH is 1. The fourth-order valence-electron chi connectivity index (χ4n) is 12.0. The minimum Gasteiger partial charge on any atom is -0.462 e. The molecule has 0 bridgehead atoms. The topological polar surface area (TPSA) is 237 Å². The van der Waals surface area contributed by atoms with Crippen molar-refractivity contribution in [3.05, 3.63) is 0 Å². The first kappa shape index (κ1) is 95.1. The lowest BCUT2D eigenvalue weighted by molar-refractivity contribution is -0.161. The number of hydrogen-bond acceptors (Lipinski definition) is 15. The van der Waals surface area contributed by atoms with Gasteiger partial charge in [0, 0.05) is 25.7 Å². The highest BCUT2D eigenvalue weighted by molar-refractivity contribution is 7.47. The maximum atomic E-state index is 13.1. The monoisotopic (exact) mass is 1420 g/mol. The molecule has 0 amide bonds. The van der Waals surface area contributed by atoms with E-state index < -0.39 is 97.5 Å². The molecule has 0 heterocycles. The van der Waals surface area contributed by atoms with Crippen molar-refractivity contribution in [2.75, 3.05) is 39.6 Å². The minimum atomic E-state index is -4.96. The maximum Gasteiger partial charge on any atom is 0.472 e. The molecule has 0 aliphatic heterocycles. The zero-order valence-electron chi connectivity index (χ0n) is 63.4. The van der Waals surface area contributed by atoms with Gasteiger partial charge < -0.3 is 33.8 Å². The smallest absolute Gasteiger partial charge is 0.462 e. The van der Waals surface area contributed by atoms with Crippen molar-refractivity contribution >= 4 is 39.5 Å². The fraction of sp³-hybridized carbons (Fsp3) is 0.949. The molecule has 0 aromatic carbocycles. The Balaban J connectivity index is 5.14. The van der Waals surface area contributed by atoms with Gasteiger partial charge in [0.25, 0.3) is 0 Å². The van der Waals surface area contributed by atoms with Gasteiger partial charge in [0.2, 0.25) is 0 Å². The Hall–Kier alpha value is -1.94. The zero-order chi connectivity index (χ0) is 71.4. The van der Waals surface area contributed by atoms with Crippen LogP contribution in [-0.2, 0) is 65.4 Å². The van der Waals surface area contributed by atoms with E-state index in [-0.39, 0.29) is 25.7 Å². The minimum absolute atomic E-state index is 0.106. The van der Waals surface area contributed by atoms with Crippen LogP contribution in [0, 0.1) is 11.8 Å². The van der Waals surface area contributed by atoms with Crippen LogP contribution in [0.3, 0.4) is 0 Å². The van der Waals surface area contributed by atoms with Gasteiger partial charge in [0.1, 0.15) is 19.3 Å². The Morgan fingerprint density at radius 1 is 0.278 bits per heavy atom. The molecule has 19 heteroatoms. The summed E-state index contributed by atoms with van der Waals surface area (Å²) in [6.07, 6.45) is 58.5. The third-order valence-corrected chi connectivity index (χ3v) is 20.1. The van der Waals surface area contributed by atoms with Gasteiger partial charge in [0.15, 0.2) is 12.2 Å². The van der Waals surface area contributed by atoms with E-state index in [0.717, 1.165) is 115 Å². The number of carbonyl (C=O) groups is 4. The lowest BCUT2D eigenvalue weighted by atomic mass is 10.0. The Morgan fingerprint density at radius 3 is 0.701 bits per heavy atom. The third-order valence-electron chi connectivity index (χ3n) is 18.2. The van der Waals surface area contributed by atoms with E-state index in [1.54, 1.807) is 0 Å². The maximum absolute atomic E-state index is 13.1. The second-order valence-corrected chi connectivity index (χ2v) is 32.0. The van der Waals surface area contributed by atoms with Crippen LogP contribution in [0.15, 0.2) is 0 Å². The lowest BCUT2D eigenvalue weighted by Gasteiger charge is -2.21. The molecule has 0 radical (unpaired) electrons. The molecule has 0 fully saturated rings. The van der Waals surface area contributed by atoms with Crippen LogP contribution in [0.25, 0.3) is 0 Å². The van der Waals surface area contributed by atoms with Gasteiger partial charge in [-0.25, -0.2) is 9.13 Å². The molecule has 0 rings (SSSR count). The molecule has 0 saturated heterocycles.